The summed E-state index contributed by atoms with van der Waals surface area (Å²) in [5.74, 6) is -0.161. The molecule has 1 heterocycles. The second-order valence-electron chi connectivity index (χ2n) is 4.85. The topological polar surface area (TPSA) is 49.8 Å². The van der Waals surface area contributed by atoms with Crippen LogP contribution in [0.1, 0.15) is 46.0 Å². The standard InChI is InChI=1S/C13H25NO3/c1-3-4-9-17-13(16)10-14-8-6-5-7-12(14)11(2)15/h11-12,15H,3-10H2,1-2H3. The molecule has 2 atom stereocenters. The third-order valence-corrected chi connectivity index (χ3v) is 3.31. The minimum absolute atomic E-state index is 0.113. The van der Waals surface area contributed by atoms with E-state index in [1.165, 1.54) is 0 Å². The van der Waals surface area contributed by atoms with Crippen LogP contribution in [0.2, 0.25) is 0 Å². The van der Waals surface area contributed by atoms with E-state index in [0.717, 1.165) is 38.6 Å². The van der Waals surface area contributed by atoms with Crippen molar-refractivity contribution in [3.63, 3.8) is 0 Å². The first-order valence-corrected chi connectivity index (χ1v) is 6.73. The lowest BCUT2D eigenvalue weighted by molar-refractivity contribution is -0.146. The highest BCUT2D eigenvalue weighted by Gasteiger charge is 2.27. The number of unbranched alkanes of at least 4 members (excludes halogenated alkanes) is 1. The van der Waals surface area contributed by atoms with E-state index >= 15 is 0 Å². The number of likely N-dealkylation sites (tertiary alicyclic amines) is 1. The average molecular weight is 243 g/mol. The van der Waals surface area contributed by atoms with Gasteiger partial charge in [-0.15, -0.1) is 0 Å². The van der Waals surface area contributed by atoms with Crippen LogP contribution >= 0.6 is 0 Å². The summed E-state index contributed by atoms with van der Waals surface area (Å²) in [5.41, 5.74) is 0. The lowest BCUT2D eigenvalue weighted by Gasteiger charge is -2.36. The maximum Gasteiger partial charge on any atom is 0.320 e. The molecule has 4 heteroatoms. The second-order valence-corrected chi connectivity index (χ2v) is 4.85. The number of carbonyl (C=O) groups is 1. The van der Waals surface area contributed by atoms with Gasteiger partial charge in [0.25, 0.3) is 0 Å². The number of esters is 1. The number of hydrogen-bond acceptors (Lipinski definition) is 4. The quantitative estimate of drug-likeness (QED) is 0.568. The fourth-order valence-corrected chi connectivity index (χ4v) is 2.30. The molecule has 0 aromatic heterocycles. The van der Waals surface area contributed by atoms with Crippen LogP contribution < -0.4 is 0 Å². The van der Waals surface area contributed by atoms with Crippen molar-refractivity contribution >= 4 is 5.97 Å². The van der Waals surface area contributed by atoms with Crippen molar-refractivity contribution in [3.8, 4) is 0 Å². The number of hydrogen-bond donors (Lipinski definition) is 1. The fraction of sp³-hybridized carbons (Fsp3) is 0.923. The van der Waals surface area contributed by atoms with Crippen LogP contribution in [0, 0.1) is 0 Å². The Morgan fingerprint density at radius 2 is 2.29 bits per heavy atom. The van der Waals surface area contributed by atoms with E-state index in [-0.39, 0.29) is 18.1 Å². The summed E-state index contributed by atoms with van der Waals surface area (Å²) < 4.78 is 5.15. The lowest BCUT2D eigenvalue weighted by Crippen LogP contribution is -2.48. The second kappa shape index (κ2) is 7.67. The number of rotatable bonds is 6. The van der Waals surface area contributed by atoms with E-state index in [4.69, 9.17) is 4.74 Å². The van der Waals surface area contributed by atoms with Gasteiger partial charge in [0.1, 0.15) is 0 Å². The van der Waals surface area contributed by atoms with Crippen LogP contribution in [0.25, 0.3) is 0 Å². The minimum atomic E-state index is -0.376. The summed E-state index contributed by atoms with van der Waals surface area (Å²) in [6.07, 6.45) is 4.79. The zero-order chi connectivity index (χ0) is 12.7. The monoisotopic (exact) mass is 243 g/mol. The molecule has 1 rings (SSSR count). The van der Waals surface area contributed by atoms with Gasteiger partial charge >= 0.3 is 5.97 Å². The van der Waals surface area contributed by atoms with E-state index in [9.17, 15) is 9.90 Å². The molecular formula is C13H25NO3. The summed E-state index contributed by atoms with van der Waals surface area (Å²) in [7, 11) is 0. The number of carbonyl (C=O) groups excluding carboxylic acids is 1. The van der Waals surface area contributed by atoms with Crippen molar-refractivity contribution in [2.45, 2.75) is 58.1 Å². The molecule has 1 fully saturated rings. The third-order valence-electron chi connectivity index (χ3n) is 3.31. The maximum atomic E-state index is 11.6. The van der Waals surface area contributed by atoms with Crippen LogP contribution in [0.15, 0.2) is 0 Å². The zero-order valence-electron chi connectivity index (χ0n) is 11.0. The smallest absolute Gasteiger partial charge is 0.320 e. The predicted octanol–water partition coefficient (Wildman–Crippen LogP) is 1.56. The minimum Gasteiger partial charge on any atom is -0.465 e. The van der Waals surface area contributed by atoms with E-state index in [2.05, 4.69) is 11.8 Å². The Labute approximate surface area is 104 Å². The lowest BCUT2D eigenvalue weighted by atomic mass is 9.98. The molecule has 1 N–H and O–H groups in total. The highest BCUT2D eigenvalue weighted by molar-refractivity contribution is 5.71. The van der Waals surface area contributed by atoms with Crippen molar-refractivity contribution in [1.29, 1.82) is 0 Å². The Hall–Kier alpha value is -0.610. The molecule has 0 spiro atoms. The Morgan fingerprint density at radius 1 is 1.53 bits per heavy atom. The van der Waals surface area contributed by atoms with E-state index in [0.29, 0.717) is 13.2 Å². The van der Waals surface area contributed by atoms with E-state index in [1.54, 1.807) is 6.92 Å². The molecule has 17 heavy (non-hydrogen) atoms. The Kier molecular flexibility index (Phi) is 6.52. The largest absolute Gasteiger partial charge is 0.465 e. The SMILES string of the molecule is CCCCOC(=O)CN1CCCCC1C(C)O. The van der Waals surface area contributed by atoms with Gasteiger partial charge in [0.05, 0.1) is 19.3 Å². The molecule has 2 unspecified atom stereocenters. The molecular weight excluding hydrogens is 218 g/mol. The van der Waals surface area contributed by atoms with Crippen molar-refractivity contribution < 1.29 is 14.6 Å². The zero-order valence-corrected chi connectivity index (χ0v) is 11.0. The van der Waals surface area contributed by atoms with Crippen molar-refractivity contribution in [1.82, 2.24) is 4.90 Å². The van der Waals surface area contributed by atoms with Crippen molar-refractivity contribution in [2.75, 3.05) is 19.7 Å². The van der Waals surface area contributed by atoms with Crippen LogP contribution in [0.5, 0.6) is 0 Å². The van der Waals surface area contributed by atoms with Crippen LogP contribution in [-0.4, -0.2) is 47.8 Å². The van der Waals surface area contributed by atoms with Gasteiger partial charge in [0, 0.05) is 6.04 Å². The Morgan fingerprint density at radius 3 is 2.94 bits per heavy atom. The van der Waals surface area contributed by atoms with Crippen LogP contribution in [-0.2, 0) is 9.53 Å². The van der Waals surface area contributed by atoms with Gasteiger partial charge in [-0.1, -0.05) is 19.8 Å². The molecule has 1 aliphatic heterocycles. The summed E-state index contributed by atoms with van der Waals surface area (Å²) in [6, 6.07) is 0.113. The van der Waals surface area contributed by atoms with Crippen LogP contribution in [0.4, 0.5) is 0 Å². The molecule has 0 radical (unpaired) electrons. The Bertz CT molecular complexity index is 231. The molecule has 0 bridgehead atoms. The van der Waals surface area contributed by atoms with Crippen molar-refractivity contribution in [3.05, 3.63) is 0 Å². The molecule has 4 nitrogen and oxygen atoms in total. The molecule has 0 aliphatic carbocycles. The molecule has 0 aromatic rings. The van der Waals surface area contributed by atoms with Gasteiger partial charge in [-0.25, -0.2) is 0 Å². The summed E-state index contributed by atoms with van der Waals surface area (Å²) >= 11 is 0. The van der Waals surface area contributed by atoms with Gasteiger partial charge in [-0.05, 0) is 32.7 Å². The Balaban J connectivity index is 2.34. The number of aliphatic hydroxyl groups is 1. The molecule has 0 saturated carbocycles. The number of aliphatic hydroxyl groups excluding tert-OH is 1. The summed E-state index contributed by atoms with van der Waals surface area (Å²) in [4.78, 5) is 13.7. The normalized spacial score (nSPS) is 23.4. The first-order chi connectivity index (χ1) is 8.15. The first-order valence-electron chi connectivity index (χ1n) is 6.73. The van der Waals surface area contributed by atoms with E-state index in [1.807, 2.05) is 0 Å². The van der Waals surface area contributed by atoms with E-state index < -0.39 is 0 Å². The van der Waals surface area contributed by atoms with Gasteiger partial charge in [0.2, 0.25) is 0 Å². The van der Waals surface area contributed by atoms with Gasteiger partial charge in [-0.2, -0.15) is 0 Å². The summed E-state index contributed by atoms with van der Waals surface area (Å²) in [5, 5.41) is 9.68. The number of nitrogens with zero attached hydrogens (tertiary/aromatic N) is 1. The van der Waals surface area contributed by atoms with Crippen molar-refractivity contribution in [2.24, 2.45) is 0 Å². The molecule has 0 amide bonds. The third kappa shape index (κ3) is 5.04. The highest BCUT2D eigenvalue weighted by Crippen LogP contribution is 2.19. The average Bonchev–Trinajstić information content (AvgIpc) is 2.29. The highest BCUT2D eigenvalue weighted by atomic mass is 16.5. The van der Waals surface area contributed by atoms with Gasteiger partial charge < -0.3 is 9.84 Å². The summed E-state index contributed by atoms with van der Waals surface area (Å²) in [6.45, 7) is 5.59. The predicted molar refractivity (Wildman–Crippen MR) is 66.8 cm³/mol. The molecule has 0 aromatic carbocycles. The number of piperidine rings is 1. The molecule has 1 aliphatic rings. The maximum absolute atomic E-state index is 11.6. The molecule has 1 saturated heterocycles. The molecule has 100 valence electrons. The van der Waals surface area contributed by atoms with Gasteiger partial charge in [-0.3, -0.25) is 9.69 Å². The number of ether oxygens (including phenoxy) is 1. The fourth-order valence-electron chi connectivity index (χ4n) is 2.30. The first kappa shape index (κ1) is 14.5. The van der Waals surface area contributed by atoms with Gasteiger partial charge in [0.15, 0.2) is 0 Å². The van der Waals surface area contributed by atoms with Crippen LogP contribution in [0.3, 0.4) is 0 Å².